The van der Waals surface area contributed by atoms with Crippen LogP contribution in [0.2, 0.25) is 0 Å². The van der Waals surface area contributed by atoms with Gasteiger partial charge in [-0.2, -0.15) is 4.98 Å². The maximum atomic E-state index is 13.6. The Labute approximate surface area is 196 Å². The van der Waals surface area contributed by atoms with Gasteiger partial charge in [-0.05, 0) is 72.9 Å². The molecule has 0 fully saturated rings. The molecule has 0 spiro atoms. The number of pyridine rings is 1. The number of nitrogens with two attached hydrogens (primary N) is 1. The predicted octanol–water partition coefficient (Wildman–Crippen LogP) is 5.67. The number of aryl methyl sites for hydroxylation is 1. The maximum Gasteiger partial charge on any atom is 0.236 e. The summed E-state index contributed by atoms with van der Waals surface area (Å²) in [5.41, 5.74) is 11.9. The molecule has 3 heterocycles. The standard InChI is InChI=1S/C27H23FN6/c28-20-10-8-18(9-11-20)25-26(34-15-13-23(29)32-27(34)33-25)19-12-14-30-24(16-19)31-22-7-3-5-17-4-1-2-6-21(17)22/h1-2,4,6,8-16,22H,3,5,7H2,(H,30,31)(H2,29,32,33)/t22-/m0/s1. The van der Waals surface area contributed by atoms with E-state index in [1.54, 1.807) is 24.4 Å². The lowest BCUT2D eigenvalue weighted by Gasteiger charge is -2.27. The smallest absolute Gasteiger partial charge is 0.236 e. The van der Waals surface area contributed by atoms with Crippen molar-refractivity contribution in [3.63, 3.8) is 0 Å². The van der Waals surface area contributed by atoms with Crippen molar-refractivity contribution >= 4 is 17.4 Å². The number of halogens is 1. The number of rotatable bonds is 4. The molecule has 0 radical (unpaired) electrons. The Bertz CT molecular complexity index is 1490. The number of nitrogens with zero attached hydrogens (tertiary/aromatic N) is 4. The quantitative estimate of drug-likeness (QED) is 0.369. The molecule has 5 aromatic rings. The number of nitrogen functional groups attached to an aromatic ring is 1. The Balaban J connectivity index is 1.44. The van der Waals surface area contributed by atoms with E-state index in [2.05, 4.69) is 39.6 Å². The molecule has 0 bridgehead atoms. The molecule has 0 amide bonds. The van der Waals surface area contributed by atoms with Crippen LogP contribution in [0.5, 0.6) is 0 Å². The van der Waals surface area contributed by atoms with Crippen molar-refractivity contribution in [3.8, 4) is 22.5 Å². The van der Waals surface area contributed by atoms with Gasteiger partial charge >= 0.3 is 0 Å². The molecule has 2 aromatic carbocycles. The minimum Gasteiger partial charge on any atom is -0.384 e. The number of benzene rings is 2. The van der Waals surface area contributed by atoms with Gasteiger partial charge in [-0.15, -0.1) is 0 Å². The molecule has 3 aromatic heterocycles. The van der Waals surface area contributed by atoms with Crippen LogP contribution in [-0.2, 0) is 6.42 Å². The van der Waals surface area contributed by atoms with Gasteiger partial charge < -0.3 is 11.1 Å². The van der Waals surface area contributed by atoms with Gasteiger partial charge in [0.05, 0.1) is 17.4 Å². The van der Waals surface area contributed by atoms with Gasteiger partial charge in [0.25, 0.3) is 0 Å². The van der Waals surface area contributed by atoms with Crippen LogP contribution in [0.3, 0.4) is 0 Å². The minimum atomic E-state index is -0.292. The van der Waals surface area contributed by atoms with Crippen LogP contribution in [-0.4, -0.2) is 19.4 Å². The van der Waals surface area contributed by atoms with Gasteiger partial charge in [0.2, 0.25) is 5.78 Å². The Kier molecular flexibility index (Phi) is 4.95. The normalized spacial score (nSPS) is 15.3. The molecule has 0 saturated heterocycles. The van der Waals surface area contributed by atoms with E-state index in [0.717, 1.165) is 41.9 Å². The molecular weight excluding hydrogens is 427 g/mol. The monoisotopic (exact) mass is 450 g/mol. The number of nitrogens with one attached hydrogen (secondary N) is 1. The van der Waals surface area contributed by atoms with Crippen molar-refractivity contribution in [2.24, 2.45) is 0 Å². The first-order chi connectivity index (χ1) is 16.7. The average Bonchev–Trinajstić information content (AvgIpc) is 3.23. The fraction of sp³-hybridized carbons (Fsp3) is 0.148. The highest BCUT2D eigenvalue weighted by atomic mass is 19.1. The first kappa shape index (κ1) is 20.4. The largest absolute Gasteiger partial charge is 0.384 e. The summed E-state index contributed by atoms with van der Waals surface area (Å²) in [5, 5.41) is 3.64. The molecule has 168 valence electrons. The van der Waals surface area contributed by atoms with Crippen LogP contribution in [0.15, 0.2) is 79.1 Å². The molecule has 34 heavy (non-hydrogen) atoms. The SMILES string of the molecule is Nc1ccn2c(-c3ccnc(N[C@H]4CCCc5ccccc54)c3)c(-c3ccc(F)cc3)nc2n1. The second kappa shape index (κ2) is 8.26. The van der Waals surface area contributed by atoms with Gasteiger partial charge in [-0.3, -0.25) is 4.40 Å². The lowest BCUT2D eigenvalue weighted by Crippen LogP contribution is -2.17. The summed E-state index contributed by atoms with van der Waals surface area (Å²) in [6.07, 6.45) is 6.97. The number of imidazole rings is 1. The first-order valence-electron chi connectivity index (χ1n) is 11.4. The van der Waals surface area contributed by atoms with Crippen molar-refractivity contribution < 1.29 is 4.39 Å². The van der Waals surface area contributed by atoms with Crippen molar-refractivity contribution in [1.82, 2.24) is 19.4 Å². The molecule has 7 heteroatoms. The zero-order valence-corrected chi connectivity index (χ0v) is 18.4. The molecule has 6 rings (SSSR count). The molecule has 1 atom stereocenters. The molecule has 1 aliphatic carbocycles. The van der Waals surface area contributed by atoms with Gasteiger partial charge in [0.15, 0.2) is 0 Å². The first-order valence-corrected chi connectivity index (χ1v) is 11.4. The Hall–Kier alpha value is -4.26. The summed E-state index contributed by atoms with van der Waals surface area (Å²) in [6, 6.07) is 20.9. The van der Waals surface area contributed by atoms with Crippen molar-refractivity contribution in [2.75, 3.05) is 11.1 Å². The molecule has 0 aliphatic heterocycles. The summed E-state index contributed by atoms with van der Waals surface area (Å²) >= 11 is 0. The van der Waals surface area contributed by atoms with Gasteiger partial charge in [-0.1, -0.05) is 24.3 Å². The molecule has 0 saturated carbocycles. The van der Waals surface area contributed by atoms with E-state index in [1.807, 2.05) is 22.7 Å². The van der Waals surface area contributed by atoms with E-state index in [1.165, 1.54) is 23.3 Å². The highest BCUT2D eigenvalue weighted by Crippen LogP contribution is 2.35. The Morgan fingerprint density at radius 2 is 1.82 bits per heavy atom. The summed E-state index contributed by atoms with van der Waals surface area (Å²) in [7, 11) is 0. The van der Waals surface area contributed by atoms with Crippen molar-refractivity contribution in [1.29, 1.82) is 0 Å². The van der Waals surface area contributed by atoms with Crippen molar-refractivity contribution in [3.05, 3.63) is 96.1 Å². The number of aromatic nitrogens is 4. The highest BCUT2D eigenvalue weighted by Gasteiger charge is 2.21. The van der Waals surface area contributed by atoms with E-state index >= 15 is 0 Å². The lowest BCUT2D eigenvalue weighted by atomic mass is 9.88. The highest BCUT2D eigenvalue weighted by molar-refractivity contribution is 5.82. The van der Waals surface area contributed by atoms with E-state index in [0.29, 0.717) is 17.3 Å². The van der Waals surface area contributed by atoms with E-state index in [9.17, 15) is 4.39 Å². The third-order valence-electron chi connectivity index (χ3n) is 6.36. The summed E-state index contributed by atoms with van der Waals surface area (Å²) in [6.45, 7) is 0. The molecule has 1 aliphatic rings. The molecule has 6 nitrogen and oxygen atoms in total. The molecule has 0 unspecified atom stereocenters. The zero-order chi connectivity index (χ0) is 23.1. The van der Waals surface area contributed by atoms with Gasteiger partial charge in [0, 0.05) is 23.5 Å². The molecule has 3 N–H and O–H groups in total. The number of hydrogen-bond donors (Lipinski definition) is 2. The second-order valence-corrected chi connectivity index (χ2v) is 8.56. The zero-order valence-electron chi connectivity index (χ0n) is 18.4. The fourth-order valence-electron chi connectivity index (χ4n) is 4.77. The van der Waals surface area contributed by atoms with E-state index in [4.69, 9.17) is 10.7 Å². The summed E-state index contributed by atoms with van der Waals surface area (Å²) in [5.74, 6) is 1.38. The Morgan fingerprint density at radius 3 is 2.71 bits per heavy atom. The molecular formula is C27H23FN6. The third kappa shape index (κ3) is 3.65. The predicted molar refractivity (Wildman–Crippen MR) is 132 cm³/mol. The Morgan fingerprint density at radius 1 is 0.971 bits per heavy atom. The number of fused-ring (bicyclic) bond motifs is 2. The van der Waals surface area contributed by atoms with Crippen LogP contribution < -0.4 is 11.1 Å². The summed E-state index contributed by atoms with van der Waals surface area (Å²) in [4.78, 5) is 13.7. The van der Waals surface area contributed by atoms with E-state index < -0.39 is 0 Å². The maximum absolute atomic E-state index is 13.6. The topological polar surface area (TPSA) is 81.1 Å². The van der Waals surface area contributed by atoms with Crippen LogP contribution in [0.1, 0.15) is 30.0 Å². The van der Waals surface area contributed by atoms with Crippen LogP contribution >= 0.6 is 0 Å². The number of hydrogen-bond acceptors (Lipinski definition) is 5. The van der Waals surface area contributed by atoms with Crippen LogP contribution in [0, 0.1) is 5.82 Å². The van der Waals surface area contributed by atoms with Gasteiger partial charge in [-0.25, -0.2) is 14.4 Å². The second-order valence-electron chi connectivity index (χ2n) is 8.56. The summed E-state index contributed by atoms with van der Waals surface area (Å²) < 4.78 is 15.5. The van der Waals surface area contributed by atoms with E-state index in [-0.39, 0.29) is 11.9 Å². The average molecular weight is 451 g/mol. The van der Waals surface area contributed by atoms with Gasteiger partial charge in [0.1, 0.15) is 17.5 Å². The minimum absolute atomic E-state index is 0.216. The third-order valence-corrected chi connectivity index (χ3v) is 6.36. The van der Waals surface area contributed by atoms with Crippen molar-refractivity contribution in [2.45, 2.75) is 25.3 Å². The number of anilines is 2. The van der Waals surface area contributed by atoms with Crippen LogP contribution in [0.25, 0.3) is 28.3 Å². The fourth-order valence-corrected chi connectivity index (χ4v) is 4.77. The lowest BCUT2D eigenvalue weighted by molar-refractivity contribution is 0.598. The van der Waals surface area contributed by atoms with Crippen LogP contribution in [0.4, 0.5) is 16.0 Å².